The molecule has 0 aromatic heterocycles. The number of nitrogens with two attached hydrogens (primary N) is 1. The molecule has 1 aromatic carbocycles. The third-order valence-corrected chi connectivity index (χ3v) is 3.18. The van der Waals surface area contributed by atoms with Crippen LogP contribution in [0.15, 0.2) is 24.3 Å². The van der Waals surface area contributed by atoms with Crippen LogP contribution in [0.25, 0.3) is 0 Å². The summed E-state index contributed by atoms with van der Waals surface area (Å²) in [5, 5.41) is 2.75. The number of ether oxygens (including phenoxy) is 1. The summed E-state index contributed by atoms with van der Waals surface area (Å²) < 4.78 is 5.17. The van der Waals surface area contributed by atoms with Crippen molar-refractivity contribution in [1.29, 1.82) is 0 Å². The van der Waals surface area contributed by atoms with E-state index in [4.69, 9.17) is 10.5 Å². The first-order chi connectivity index (χ1) is 10.0. The van der Waals surface area contributed by atoms with Gasteiger partial charge in [-0.05, 0) is 19.1 Å². The summed E-state index contributed by atoms with van der Waals surface area (Å²) in [4.78, 5) is 25.6. The second-order valence-electron chi connectivity index (χ2n) is 4.74. The number of carbonyl (C=O) groups is 2. The Morgan fingerprint density at radius 3 is 2.62 bits per heavy atom. The van der Waals surface area contributed by atoms with Crippen LogP contribution in [0, 0.1) is 5.92 Å². The van der Waals surface area contributed by atoms with E-state index in [1.54, 1.807) is 25.1 Å². The molecule has 0 saturated heterocycles. The number of likely N-dealkylation sites (N-methyl/N-ethyl adjacent to an activating group) is 1. The SMILES string of the molecule is CCN(CC(=O)Nc1ccccc1OC)C(=O)C(C)CN. The minimum Gasteiger partial charge on any atom is -0.495 e. The van der Waals surface area contributed by atoms with Gasteiger partial charge in [0.05, 0.1) is 19.3 Å². The van der Waals surface area contributed by atoms with Gasteiger partial charge in [-0.15, -0.1) is 0 Å². The van der Waals surface area contributed by atoms with E-state index in [0.717, 1.165) is 0 Å². The second-order valence-corrected chi connectivity index (χ2v) is 4.74. The average Bonchev–Trinajstić information content (AvgIpc) is 2.51. The quantitative estimate of drug-likeness (QED) is 0.787. The van der Waals surface area contributed by atoms with Gasteiger partial charge in [0.15, 0.2) is 0 Å². The zero-order valence-corrected chi connectivity index (χ0v) is 12.8. The van der Waals surface area contributed by atoms with Crippen LogP contribution in [-0.4, -0.2) is 43.5 Å². The van der Waals surface area contributed by atoms with E-state index in [2.05, 4.69) is 5.32 Å². The van der Waals surface area contributed by atoms with Gasteiger partial charge in [0.2, 0.25) is 11.8 Å². The lowest BCUT2D eigenvalue weighted by Gasteiger charge is -2.23. The second kappa shape index (κ2) is 8.26. The Bertz CT molecular complexity index is 491. The predicted octanol–water partition coefficient (Wildman–Crippen LogP) is 1.08. The van der Waals surface area contributed by atoms with Gasteiger partial charge < -0.3 is 20.7 Å². The van der Waals surface area contributed by atoms with E-state index in [-0.39, 0.29) is 30.8 Å². The highest BCUT2D eigenvalue weighted by molar-refractivity contribution is 5.95. The summed E-state index contributed by atoms with van der Waals surface area (Å²) in [6, 6.07) is 7.13. The first kappa shape index (κ1) is 17.0. The lowest BCUT2D eigenvalue weighted by molar-refractivity contribution is -0.137. The fourth-order valence-corrected chi connectivity index (χ4v) is 1.87. The number of para-hydroxylation sites is 2. The highest BCUT2D eigenvalue weighted by Crippen LogP contribution is 2.22. The standard InChI is InChI=1S/C15H23N3O3/c1-4-18(15(20)11(2)9-16)10-14(19)17-12-7-5-6-8-13(12)21-3/h5-8,11H,4,9-10,16H2,1-3H3,(H,17,19). The number of rotatable bonds is 7. The number of nitrogens with one attached hydrogen (secondary N) is 1. The number of amides is 2. The van der Waals surface area contributed by atoms with Crippen LogP contribution < -0.4 is 15.8 Å². The third kappa shape index (κ3) is 4.75. The van der Waals surface area contributed by atoms with Crippen LogP contribution in [0.2, 0.25) is 0 Å². The zero-order chi connectivity index (χ0) is 15.8. The largest absolute Gasteiger partial charge is 0.495 e. The molecule has 0 bridgehead atoms. The number of hydrogen-bond acceptors (Lipinski definition) is 4. The molecular formula is C15H23N3O3. The molecule has 1 atom stereocenters. The van der Waals surface area contributed by atoms with Gasteiger partial charge in [-0.1, -0.05) is 19.1 Å². The van der Waals surface area contributed by atoms with Crippen molar-refractivity contribution >= 4 is 17.5 Å². The van der Waals surface area contributed by atoms with E-state index >= 15 is 0 Å². The molecule has 1 unspecified atom stereocenters. The maximum Gasteiger partial charge on any atom is 0.244 e. The molecule has 0 aliphatic carbocycles. The minimum absolute atomic E-state index is 0.00226. The van der Waals surface area contributed by atoms with E-state index in [1.807, 2.05) is 13.0 Å². The number of hydrogen-bond donors (Lipinski definition) is 2. The average molecular weight is 293 g/mol. The van der Waals surface area contributed by atoms with Gasteiger partial charge in [-0.25, -0.2) is 0 Å². The highest BCUT2D eigenvalue weighted by Gasteiger charge is 2.20. The molecule has 1 aromatic rings. The van der Waals surface area contributed by atoms with Crippen LogP contribution in [0.3, 0.4) is 0 Å². The Morgan fingerprint density at radius 1 is 1.38 bits per heavy atom. The van der Waals surface area contributed by atoms with Crippen molar-refractivity contribution in [3.05, 3.63) is 24.3 Å². The fraction of sp³-hybridized carbons (Fsp3) is 0.467. The van der Waals surface area contributed by atoms with Crippen LogP contribution in [0.1, 0.15) is 13.8 Å². The molecular weight excluding hydrogens is 270 g/mol. The first-order valence-electron chi connectivity index (χ1n) is 6.95. The zero-order valence-electron chi connectivity index (χ0n) is 12.8. The van der Waals surface area contributed by atoms with Gasteiger partial charge in [0.25, 0.3) is 0 Å². The molecule has 0 aliphatic heterocycles. The molecule has 0 fully saturated rings. The lowest BCUT2D eigenvalue weighted by atomic mass is 10.1. The summed E-state index contributed by atoms with van der Waals surface area (Å²) >= 11 is 0. The topological polar surface area (TPSA) is 84.7 Å². The Balaban J connectivity index is 2.69. The van der Waals surface area contributed by atoms with Gasteiger partial charge >= 0.3 is 0 Å². The van der Waals surface area contributed by atoms with Crippen molar-refractivity contribution in [2.24, 2.45) is 11.7 Å². The summed E-state index contributed by atoms with van der Waals surface area (Å²) in [5.74, 6) is -0.0892. The van der Waals surface area contributed by atoms with Crippen molar-refractivity contribution in [3.8, 4) is 5.75 Å². The maximum absolute atomic E-state index is 12.1. The molecule has 0 spiro atoms. The van der Waals surface area contributed by atoms with E-state index in [0.29, 0.717) is 18.0 Å². The summed E-state index contributed by atoms with van der Waals surface area (Å²) in [6.07, 6.45) is 0. The Morgan fingerprint density at radius 2 is 2.05 bits per heavy atom. The molecule has 6 nitrogen and oxygen atoms in total. The number of nitrogens with zero attached hydrogens (tertiary/aromatic N) is 1. The molecule has 1 rings (SSSR count). The Hall–Kier alpha value is -2.08. The van der Waals surface area contributed by atoms with Gasteiger partial charge in [0, 0.05) is 19.0 Å². The minimum atomic E-state index is -0.288. The van der Waals surface area contributed by atoms with E-state index in [1.165, 1.54) is 12.0 Å². The summed E-state index contributed by atoms with van der Waals surface area (Å²) in [7, 11) is 1.54. The van der Waals surface area contributed by atoms with Crippen molar-refractivity contribution in [3.63, 3.8) is 0 Å². The van der Waals surface area contributed by atoms with Gasteiger partial charge in [-0.2, -0.15) is 0 Å². The van der Waals surface area contributed by atoms with Gasteiger partial charge in [-0.3, -0.25) is 9.59 Å². The van der Waals surface area contributed by atoms with Crippen molar-refractivity contribution in [2.75, 3.05) is 32.1 Å². The predicted molar refractivity (Wildman–Crippen MR) is 82.1 cm³/mol. The first-order valence-corrected chi connectivity index (χ1v) is 6.95. The van der Waals surface area contributed by atoms with Crippen LogP contribution in [-0.2, 0) is 9.59 Å². The molecule has 21 heavy (non-hydrogen) atoms. The number of carbonyl (C=O) groups excluding carboxylic acids is 2. The monoisotopic (exact) mass is 293 g/mol. The summed E-state index contributed by atoms with van der Waals surface area (Å²) in [5.41, 5.74) is 6.08. The Kier molecular flexibility index (Phi) is 6.68. The van der Waals surface area contributed by atoms with Crippen LogP contribution in [0.4, 0.5) is 5.69 Å². The van der Waals surface area contributed by atoms with Crippen LogP contribution >= 0.6 is 0 Å². The molecule has 0 aliphatic rings. The molecule has 3 N–H and O–H groups in total. The lowest BCUT2D eigenvalue weighted by Crippen LogP contribution is -2.42. The number of anilines is 1. The third-order valence-electron chi connectivity index (χ3n) is 3.18. The van der Waals surface area contributed by atoms with E-state index in [9.17, 15) is 9.59 Å². The Labute approximate surface area is 125 Å². The number of benzene rings is 1. The fourth-order valence-electron chi connectivity index (χ4n) is 1.87. The highest BCUT2D eigenvalue weighted by atomic mass is 16.5. The maximum atomic E-state index is 12.1. The van der Waals surface area contributed by atoms with Crippen molar-refractivity contribution in [2.45, 2.75) is 13.8 Å². The van der Waals surface area contributed by atoms with E-state index < -0.39 is 0 Å². The molecule has 0 saturated carbocycles. The number of methoxy groups -OCH3 is 1. The molecule has 116 valence electrons. The van der Waals surface area contributed by atoms with Crippen molar-refractivity contribution in [1.82, 2.24) is 4.90 Å². The molecule has 0 radical (unpaired) electrons. The molecule has 2 amide bonds. The van der Waals surface area contributed by atoms with Gasteiger partial charge in [0.1, 0.15) is 5.75 Å². The molecule has 6 heteroatoms. The normalized spacial score (nSPS) is 11.6. The van der Waals surface area contributed by atoms with Crippen LogP contribution in [0.5, 0.6) is 5.75 Å². The summed E-state index contributed by atoms with van der Waals surface area (Å²) in [6.45, 7) is 4.31. The van der Waals surface area contributed by atoms with Crippen molar-refractivity contribution < 1.29 is 14.3 Å². The molecule has 0 heterocycles. The smallest absolute Gasteiger partial charge is 0.244 e.